The van der Waals surface area contributed by atoms with Gasteiger partial charge in [0.05, 0.1) is 6.34 Å². The molecule has 0 spiro atoms. The fourth-order valence-electron chi connectivity index (χ4n) is 4.76. The number of halogens is 3. The Morgan fingerprint density at radius 1 is 1.23 bits per heavy atom. The number of amides is 1. The maximum atomic E-state index is 13.4. The number of likely N-dealkylation sites (N-methyl/N-ethyl adjacent to an activating group) is 1. The van der Waals surface area contributed by atoms with Gasteiger partial charge in [0.1, 0.15) is 11.8 Å². The molecule has 1 atom stereocenters. The van der Waals surface area contributed by atoms with E-state index in [1.165, 1.54) is 24.6 Å². The molecule has 0 N–H and O–H groups in total. The van der Waals surface area contributed by atoms with Gasteiger partial charge in [0.15, 0.2) is 0 Å². The Morgan fingerprint density at radius 2 is 1.97 bits per heavy atom. The van der Waals surface area contributed by atoms with Crippen LogP contribution in [0.4, 0.5) is 13.2 Å². The molecule has 170 valence electrons. The quantitative estimate of drug-likeness (QED) is 0.684. The van der Waals surface area contributed by atoms with Gasteiger partial charge in [0.2, 0.25) is 5.91 Å². The average Bonchev–Trinajstić information content (AvgIpc) is 3.10. The zero-order valence-corrected chi connectivity index (χ0v) is 17.7. The third-order valence-electron chi connectivity index (χ3n) is 6.47. The lowest BCUT2D eigenvalue weighted by Crippen LogP contribution is -2.51. The van der Waals surface area contributed by atoms with Crippen molar-refractivity contribution in [3.05, 3.63) is 29.8 Å². The van der Waals surface area contributed by atoms with Crippen molar-refractivity contribution in [3.63, 3.8) is 0 Å². The number of aliphatic imine (C=N–C) groups is 1. The number of hydrogen-bond acceptors (Lipinski definition) is 5. The lowest BCUT2D eigenvalue weighted by atomic mass is 9.87. The number of benzene rings is 1. The molecule has 1 saturated heterocycles. The molecule has 1 unspecified atom stereocenters. The van der Waals surface area contributed by atoms with Crippen LogP contribution in [0.1, 0.15) is 37.7 Å². The van der Waals surface area contributed by atoms with E-state index >= 15 is 0 Å². The second-order valence-corrected chi connectivity index (χ2v) is 8.73. The summed E-state index contributed by atoms with van der Waals surface area (Å²) in [6.45, 7) is 3.10. The lowest BCUT2D eigenvalue weighted by molar-refractivity contribution is -0.274. The molecule has 31 heavy (non-hydrogen) atoms. The normalized spacial score (nSPS) is 26.6. The smallest absolute Gasteiger partial charge is 0.406 e. The summed E-state index contributed by atoms with van der Waals surface area (Å²) in [6.07, 6.45) is 2.06. The van der Waals surface area contributed by atoms with Crippen molar-refractivity contribution in [2.45, 2.75) is 63.1 Å². The summed E-state index contributed by atoms with van der Waals surface area (Å²) < 4.78 is 41.9. The van der Waals surface area contributed by atoms with Crippen LogP contribution in [0.5, 0.6) is 5.75 Å². The Hall–Kier alpha value is -2.29. The van der Waals surface area contributed by atoms with Gasteiger partial charge in [-0.2, -0.15) is 0 Å². The summed E-state index contributed by atoms with van der Waals surface area (Å²) >= 11 is 0. The fourth-order valence-corrected chi connectivity index (χ4v) is 4.76. The maximum Gasteiger partial charge on any atom is 0.573 e. The molecular weight excluding hydrogens is 409 g/mol. The van der Waals surface area contributed by atoms with Crippen molar-refractivity contribution in [3.8, 4) is 5.75 Å². The molecule has 1 aromatic rings. The molecular formula is C22H29F3N4O2. The molecule has 1 aliphatic carbocycles. The van der Waals surface area contributed by atoms with E-state index in [2.05, 4.69) is 14.6 Å². The molecule has 0 bridgehead atoms. The number of rotatable bonds is 6. The number of carbonyl (C=O) groups is 1. The van der Waals surface area contributed by atoms with Gasteiger partial charge in [-0.25, -0.2) is 0 Å². The Labute approximate surface area is 180 Å². The molecule has 0 radical (unpaired) electrons. The molecule has 0 aromatic heterocycles. The standard InChI is InChI=1S/C22H29F3N4O2/c1-27-14-20(26-15-27)21(30)29(18-8-6-17(7-9-18)28-10-3-11-28)13-16-4-2-5-19(12-16)31-22(23,24)25/h2,4-5,12,15,17-18,20H,3,6-11,13-14H2,1H3. The number of carbonyl (C=O) groups excluding carboxylic acids is 1. The molecule has 3 aliphatic rings. The first-order valence-corrected chi connectivity index (χ1v) is 10.9. The van der Waals surface area contributed by atoms with E-state index in [-0.39, 0.29) is 24.2 Å². The van der Waals surface area contributed by atoms with Gasteiger partial charge in [-0.3, -0.25) is 9.79 Å². The van der Waals surface area contributed by atoms with E-state index < -0.39 is 12.4 Å². The van der Waals surface area contributed by atoms with Crippen LogP contribution in [0.2, 0.25) is 0 Å². The number of hydrogen-bond donors (Lipinski definition) is 0. The predicted octanol–water partition coefficient (Wildman–Crippen LogP) is 3.27. The van der Waals surface area contributed by atoms with Crippen LogP contribution in [0.3, 0.4) is 0 Å². The first-order valence-electron chi connectivity index (χ1n) is 10.9. The molecule has 4 rings (SSSR count). The van der Waals surface area contributed by atoms with Gasteiger partial charge in [-0.15, -0.1) is 13.2 Å². The highest BCUT2D eigenvalue weighted by Gasteiger charge is 2.36. The average molecular weight is 438 g/mol. The predicted molar refractivity (Wildman–Crippen MR) is 111 cm³/mol. The summed E-state index contributed by atoms with van der Waals surface area (Å²) in [5.74, 6) is -0.326. The highest BCUT2D eigenvalue weighted by Crippen LogP contribution is 2.31. The molecule has 9 heteroatoms. The minimum absolute atomic E-state index is 0.0601. The van der Waals surface area contributed by atoms with Crippen LogP contribution in [0.15, 0.2) is 29.3 Å². The number of alkyl halides is 3. The SMILES string of the molecule is CN1C=NC(C(=O)N(Cc2cccc(OC(F)(F)F)c2)C2CCC(N3CCC3)CC2)C1. The van der Waals surface area contributed by atoms with Crippen molar-refractivity contribution in [2.75, 3.05) is 26.7 Å². The van der Waals surface area contributed by atoms with E-state index in [0.717, 1.165) is 38.8 Å². The van der Waals surface area contributed by atoms with Crippen molar-refractivity contribution in [1.82, 2.24) is 14.7 Å². The van der Waals surface area contributed by atoms with Gasteiger partial charge in [-0.05, 0) is 62.9 Å². The molecule has 2 fully saturated rings. The zero-order chi connectivity index (χ0) is 22.0. The van der Waals surface area contributed by atoms with Crippen molar-refractivity contribution < 1.29 is 22.7 Å². The van der Waals surface area contributed by atoms with E-state index in [0.29, 0.717) is 18.2 Å². The lowest BCUT2D eigenvalue weighted by Gasteiger charge is -2.44. The summed E-state index contributed by atoms with van der Waals surface area (Å²) in [6, 6.07) is 6.09. The second-order valence-electron chi connectivity index (χ2n) is 8.73. The first kappa shape index (κ1) is 21.9. The molecule has 2 aliphatic heterocycles. The van der Waals surface area contributed by atoms with Crippen LogP contribution >= 0.6 is 0 Å². The monoisotopic (exact) mass is 438 g/mol. The van der Waals surface area contributed by atoms with Gasteiger partial charge in [0.25, 0.3) is 0 Å². The zero-order valence-electron chi connectivity index (χ0n) is 17.7. The third kappa shape index (κ3) is 5.50. The minimum Gasteiger partial charge on any atom is -0.406 e. The Morgan fingerprint density at radius 3 is 2.55 bits per heavy atom. The van der Waals surface area contributed by atoms with Gasteiger partial charge in [0, 0.05) is 32.2 Å². The van der Waals surface area contributed by atoms with E-state index in [4.69, 9.17) is 0 Å². The van der Waals surface area contributed by atoms with Crippen molar-refractivity contribution in [2.24, 2.45) is 4.99 Å². The fraction of sp³-hybridized carbons (Fsp3) is 0.636. The van der Waals surface area contributed by atoms with E-state index in [1.807, 2.05) is 16.8 Å². The van der Waals surface area contributed by atoms with Crippen LogP contribution in [-0.2, 0) is 11.3 Å². The number of likely N-dealkylation sites (tertiary alicyclic amines) is 1. The van der Waals surface area contributed by atoms with E-state index in [9.17, 15) is 18.0 Å². The van der Waals surface area contributed by atoms with Gasteiger partial charge in [-0.1, -0.05) is 12.1 Å². The largest absolute Gasteiger partial charge is 0.573 e. The van der Waals surface area contributed by atoms with Crippen molar-refractivity contribution >= 4 is 12.2 Å². The summed E-state index contributed by atoms with van der Waals surface area (Å²) in [5, 5.41) is 0. The van der Waals surface area contributed by atoms with E-state index in [1.54, 1.807) is 12.4 Å². The first-order chi connectivity index (χ1) is 14.8. The van der Waals surface area contributed by atoms with Crippen LogP contribution in [-0.4, -0.2) is 78.1 Å². The van der Waals surface area contributed by atoms with Crippen LogP contribution in [0, 0.1) is 0 Å². The molecule has 2 heterocycles. The number of ether oxygens (including phenoxy) is 1. The Bertz CT molecular complexity index is 804. The summed E-state index contributed by atoms with van der Waals surface area (Å²) in [7, 11) is 1.87. The molecule has 1 saturated carbocycles. The molecule has 1 aromatic carbocycles. The number of nitrogens with zero attached hydrogens (tertiary/aromatic N) is 4. The van der Waals surface area contributed by atoms with Gasteiger partial charge < -0.3 is 19.4 Å². The molecule has 1 amide bonds. The summed E-state index contributed by atoms with van der Waals surface area (Å²) in [4.78, 5) is 23.9. The van der Waals surface area contributed by atoms with Crippen LogP contribution < -0.4 is 4.74 Å². The van der Waals surface area contributed by atoms with Gasteiger partial charge >= 0.3 is 6.36 Å². The second kappa shape index (κ2) is 9.06. The molecule has 6 nitrogen and oxygen atoms in total. The van der Waals surface area contributed by atoms with Crippen LogP contribution in [0.25, 0.3) is 0 Å². The highest BCUT2D eigenvalue weighted by atomic mass is 19.4. The van der Waals surface area contributed by atoms with Crippen molar-refractivity contribution in [1.29, 1.82) is 0 Å². The Kier molecular flexibility index (Phi) is 6.41. The topological polar surface area (TPSA) is 48.4 Å². The minimum atomic E-state index is -4.74. The third-order valence-corrected chi connectivity index (χ3v) is 6.47. The summed E-state index contributed by atoms with van der Waals surface area (Å²) in [5.41, 5.74) is 0.621. The highest BCUT2D eigenvalue weighted by molar-refractivity contribution is 5.85. The maximum absolute atomic E-state index is 13.4. The Balaban J connectivity index is 1.48.